The van der Waals surface area contributed by atoms with E-state index in [0.29, 0.717) is 16.6 Å². The first-order valence-corrected chi connectivity index (χ1v) is 8.85. The average molecular weight is 351 g/mol. The van der Waals surface area contributed by atoms with E-state index in [0.717, 1.165) is 37.2 Å². The van der Waals surface area contributed by atoms with Crippen LogP contribution in [0.2, 0.25) is 0 Å². The van der Waals surface area contributed by atoms with E-state index in [4.69, 9.17) is 0 Å². The topological polar surface area (TPSA) is 73.0 Å². The molecule has 134 valence electrons. The third-order valence-corrected chi connectivity index (χ3v) is 4.95. The van der Waals surface area contributed by atoms with Gasteiger partial charge in [-0.25, -0.2) is 9.36 Å². The fourth-order valence-corrected chi connectivity index (χ4v) is 3.51. The number of nitrogens with zero attached hydrogens (tertiary/aromatic N) is 5. The lowest BCUT2D eigenvalue weighted by atomic mass is 10.2. The lowest BCUT2D eigenvalue weighted by molar-refractivity contribution is -0.131. The molecule has 1 aliphatic heterocycles. The van der Waals surface area contributed by atoms with Gasteiger partial charge < -0.3 is 4.90 Å². The molecule has 26 heavy (non-hydrogen) atoms. The molecule has 0 atom stereocenters. The van der Waals surface area contributed by atoms with Crippen LogP contribution in [0.25, 0.3) is 16.6 Å². The minimum Gasteiger partial charge on any atom is -0.341 e. The van der Waals surface area contributed by atoms with Crippen molar-refractivity contribution in [2.75, 3.05) is 13.1 Å². The van der Waals surface area contributed by atoms with E-state index in [1.165, 1.54) is 4.68 Å². The van der Waals surface area contributed by atoms with Gasteiger partial charge in [0.1, 0.15) is 12.1 Å². The molecule has 0 unspecified atom stereocenters. The summed E-state index contributed by atoms with van der Waals surface area (Å²) in [7, 11) is 0. The van der Waals surface area contributed by atoms with Gasteiger partial charge in [-0.3, -0.25) is 9.59 Å². The predicted molar refractivity (Wildman–Crippen MR) is 98.4 cm³/mol. The van der Waals surface area contributed by atoms with Crippen molar-refractivity contribution in [3.05, 3.63) is 52.1 Å². The van der Waals surface area contributed by atoms with Gasteiger partial charge in [0.25, 0.3) is 5.56 Å². The van der Waals surface area contributed by atoms with Gasteiger partial charge in [-0.15, -0.1) is 0 Å². The van der Waals surface area contributed by atoms with Crippen LogP contribution in [0.4, 0.5) is 0 Å². The minimum absolute atomic E-state index is 0.0332. The Balaban J connectivity index is 1.82. The molecule has 0 radical (unpaired) electrons. The molecule has 0 saturated carbocycles. The molecule has 1 saturated heterocycles. The number of amides is 1. The first kappa shape index (κ1) is 16.5. The summed E-state index contributed by atoms with van der Waals surface area (Å²) in [5.74, 6) is -0.0576. The fourth-order valence-electron chi connectivity index (χ4n) is 3.51. The largest absolute Gasteiger partial charge is 0.341 e. The predicted octanol–water partition coefficient (Wildman–Crippen LogP) is 1.82. The maximum absolute atomic E-state index is 13.1. The van der Waals surface area contributed by atoms with Crippen LogP contribution in [0.5, 0.6) is 0 Å². The number of likely N-dealkylation sites (tertiary alicyclic amines) is 1. The van der Waals surface area contributed by atoms with Gasteiger partial charge >= 0.3 is 0 Å². The summed E-state index contributed by atoms with van der Waals surface area (Å²) < 4.78 is 2.92. The molecule has 3 heterocycles. The highest BCUT2D eigenvalue weighted by Gasteiger charge is 2.21. The second kappa shape index (κ2) is 6.40. The molecule has 4 rings (SSSR count). The first-order valence-electron chi connectivity index (χ1n) is 8.85. The SMILES string of the molecule is Cc1ccccc1-n1ncc2c(C)nn(CC(=O)N3CCCC3)c(=O)c21. The standard InChI is InChI=1S/C19H21N5O2/c1-13-7-3-4-8-16(13)24-18-15(11-20-24)14(2)21-23(19(18)26)12-17(25)22-9-5-6-10-22/h3-4,7-8,11H,5-6,9-10,12H2,1-2H3. The number of aromatic nitrogens is 4. The highest BCUT2D eigenvalue weighted by molar-refractivity contribution is 5.82. The van der Waals surface area contributed by atoms with Crippen molar-refractivity contribution in [3.8, 4) is 5.69 Å². The number of aryl methyl sites for hydroxylation is 2. The van der Waals surface area contributed by atoms with Crippen LogP contribution in [0.3, 0.4) is 0 Å². The molecular weight excluding hydrogens is 330 g/mol. The second-order valence-electron chi connectivity index (χ2n) is 6.74. The molecule has 1 fully saturated rings. The number of carbonyl (C=O) groups excluding carboxylic acids is 1. The van der Waals surface area contributed by atoms with E-state index in [1.54, 1.807) is 15.8 Å². The van der Waals surface area contributed by atoms with Gasteiger partial charge in [-0.05, 0) is 38.3 Å². The highest BCUT2D eigenvalue weighted by atomic mass is 16.2. The van der Waals surface area contributed by atoms with Crippen LogP contribution >= 0.6 is 0 Å². The monoisotopic (exact) mass is 351 g/mol. The third kappa shape index (κ3) is 2.69. The molecule has 1 amide bonds. The molecule has 0 N–H and O–H groups in total. The summed E-state index contributed by atoms with van der Waals surface area (Å²) in [5.41, 5.74) is 2.72. The van der Waals surface area contributed by atoms with Gasteiger partial charge in [0.2, 0.25) is 5.91 Å². The van der Waals surface area contributed by atoms with Crippen LogP contribution in [-0.2, 0) is 11.3 Å². The fraction of sp³-hybridized carbons (Fsp3) is 0.368. The Morgan fingerprint density at radius 3 is 2.62 bits per heavy atom. The molecule has 1 aliphatic rings. The van der Waals surface area contributed by atoms with E-state index >= 15 is 0 Å². The number of hydrogen-bond acceptors (Lipinski definition) is 4. The molecule has 3 aromatic rings. The van der Waals surface area contributed by atoms with Crippen LogP contribution in [0.15, 0.2) is 35.3 Å². The van der Waals surface area contributed by atoms with Crippen molar-refractivity contribution in [3.63, 3.8) is 0 Å². The van der Waals surface area contributed by atoms with Crippen molar-refractivity contribution >= 4 is 16.8 Å². The Morgan fingerprint density at radius 1 is 1.15 bits per heavy atom. The summed E-state index contributed by atoms with van der Waals surface area (Å²) in [4.78, 5) is 27.3. The molecule has 1 aromatic carbocycles. The molecule has 0 aliphatic carbocycles. The van der Waals surface area contributed by atoms with E-state index < -0.39 is 0 Å². The number of rotatable bonds is 3. The van der Waals surface area contributed by atoms with Crippen LogP contribution < -0.4 is 5.56 Å². The summed E-state index contributed by atoms with van der Waals surface area (Å²) in [6.07, 6.45) is 3.70. The van der Waals surface area contributed by atoms with E-state index in [2.05, 4.69) is 10.2 Å². The van der Waals surface area contributed by atoms with Crippen LogP contribution in [0, 0.1) is 13.8 Å². The van der Waals surface area contributed by atoms with E-state index in [9.17, 15) is 9.59 Å². The Hall–Kier alpha value is -2.96. The van der Waals surface area contributed by atoms with Gasteiger partial charge in [0, 0.05) is 18.5 Å². The lowest BCUT2D eigenvalue weighted by Gasteiger charge is -2.16. The molecular formula is C19H21N5O2. The zero-order valence-electron chi connectivity index (χ0n) is 15.0. The Morgan fingerprint density at radius 2 is 1.88 bits per heavy atom. The maximum atomic E-state index is 13.1. The van der Waals surface area contributed by atoms with Crippen molar-refractivity contribution < 1.29 is 4.79 Å². The number of para-hydroxylation sites is 1. The van der Waals surface area contributed by atoms with Gasteiger partial charge in [-0.1, -0.05) is 18.2 Å². The number of hydrogen-bond donors (Lipinski definition) is 0. The first-order chi connectivity index (χ1) is 12.6. The summed E-state index contributed by atoms with van der Waals surface area (Å²) in [6.45, 7) is 5.30. The van der Waals surface area contributed by atoms with Crippen LogP contribution in [-0.4, -0.2) is 43.5 Å². The van der Waals surface area contributed by atoms with Gasteiger partial charge in [0.05, 0.1) is 17.6 Å². The molecule has 7 heteroatoms. The molecule has 0 bridgehead atoms. The van der Waals surface area contributed by atoms with E-state index in [-0.39, 0.29) is 18.0 Å². The number of carbonyl (C=O) groups is 1. The van der Waals surface area contributed by atoms with Crippen LogP contribution in [0.1, 0.15) is 24.1 Å². The van der Waals surface area contributed by atoms with Crippen molar-refractivity contribution in [1.82, 2.24) is 24.5 Å². The summed E-state index contributed by atoms with van der Waals surface area (Å²) in [5, 5.41) is 9.47. The molecule has 7 nitrogen and oxygen atoms in total. The highest BCUT2D eigenvalue weighted by Crippen LogP contribution is 2.19. The third-order valence-electron chi connectivity index (χ3n) is 4.95. The lowest BCUT2D eigenvalue weighted by Crippen LogP contribution is -2.36. The second-order valence-corrected chi connectivity index (χ2v) is 6.74. The summed E-state index contributed by atoms with van der Waals surface area (Å²) in [6, 6.07) is 7.77. The van der Waals surface area contributed by atoms with Crippen molar-refractivity contribution in [1.29, 1.82) is 0 Å². The minimum atomic E-state index is -0.293. The van der Waals surface area contributed by atoms with Crippen molar-refractivity contribution in [2.45, 2.75) is 33.2 Å². The Kier molecular flexibility index (Phi) is 4.06. The zero-order chi connectivity index (χ0) is 18.3. The normalized spacial score (nSPS) is 14.3. The molecule has 0 spiro atoms. The van der Waals surface area contributed by atoms with Gasteiger partial charge in [-0.2, -0.15) is 10.2 Å². The zero-order valence-corrected chi connectivity index (χ0v) is 15.0. The molecule has 2 aromatic heterocycles. The quantitative estimate of drug-likeness (QED) is 0.721. The maximum Gasteiger partial charge on any atom is 0.293 e. The average Bonchev–Trinajstić information content (AvgIpc) is 3.30. The van der Waals surface area contributed by atoms with E-state index in [1.807, 2.05) is 38.1 Å². The van der Waals surface area contributed by atoms with Crippen molar-refractivity contribution in [2.24, 2.45) is 0 Å². The summed E-state index contributed by atoms with van der Waals surface area (Å²) >= 11 is 0. The van der Waals surface area contributed by atoms with Gasteiger partial charge in [0.15, 0.2) is 0 Å². The number of benzene rings is 1. The Bertz CT molecular complexity index is 1040. The number of fused-ring (bicyclic) bond motifs is 1. The smallest absolute Gasteiger partial charge is 0.293 e. The Labute approximate surface area is 150 Å².